The lowest BCUT2D eigenvalue weighted by molar-refractivity contribution is -0.137. The van der Waals surface area contributed by atoms with Gasteiger partial charge in [-0.05, 0) is 62.6 Å². The first-order valence-electron chi connectivity index (χ1n) is 9.09. The molecule has 25 heavy (non-hydrogen) atoms. The van der Waals surface area contributed by atoms with E-state index < -0.39 is 5.41 Å². The molecule has 2 aliphatic rings. The maximum atomic E-state index is 12.9. The highest BCUT2D eigenvalue weighted by Gasteiger charge is 2.56. The summed E-state index contributed by atoms with van der Waals surface area (Å²) in [5.41, 5.74) is 1.33. The molecule has 2 amide bonds. The van der Waals surface area contributed by atoms with Gasteiger partial charge in [-0.25, -0.2) is 4.39 Å². The van der Waals surface area contributed by atoms with E-state index in [9.17, 15) is 14.0 Å². The largest absolute Gasteiger partial charge is 0.355 e. The summed E-state index contributed by atoms with van der Waals surface area (Å²) in [6.45, 7) is 0.901. The summed E-state index contributed by atoms with van der Waals surface area (Å²) in [6, 6.07) is 5.99. The Bertz CT molecular complexity index is 663. The first-order valence-corrected chi connectivity index (χ1v) is 9.09. The van der Waals surface area contributed by atoms with E-state index in [1.165, 1.54) is 30.5 Å². The zero-order chi connectivity index (χ0) is 17.7. The van der Waals surface area contributed by atoms with Gasteiger partial charge in [0.15, 0.2) is 0 Å². The molecule has 0 unspecified atom stereocenters. The first kappa shape index (κ1) is 17.6. The molecule has 0 spiro atoms. The van der Waals surface area contributed by atoms with E-state index in [-0.39, 0.29) is 17.6 Å². The molecule has 2 aliphatic carbocycles. The monoisotopic (exact) mass is 344 g/mol. The molecule has 5 heteroatoms. The average Bonchev–Trinajstić information content (AvgIpc) is 3.44. The lowest BCUT2D eigenvalue weighted by Crippen LogP contribution is -2.43. The van der Waals surface area contributed by atoms with Gasteiger partial charge in [0.1, 0.15) is 11.2 Å². The second-order valence-electron chi connectivity index (χ2n) is 7.01. The van der Waals surface area contributed by atoms with Crippen molar-refractivity contribution in [1.82, 2.24) is 10.6 Å². The third kappa shape index (κ3) is 4.47. The normalized spacial score (nSPS) is 18.2. The number of amides is 2. The Morgan fingerprint density at radius 3 is 2.40 bits per heavy atom. The number of allylic oxidation sites excluding steroid dienone is 1. The van der Waals surface area contributed by atoms with E-state index in [1.54, 1.807) is 12.1 Å². The topological polar surface area (TPSA) is 58.2 Å². The fraction of sp³-hybridized carbons (Fsp3) is 0.500. The molecule has 0 bridgehead atoms. The molecular weight excluding hydrogens is 319 g/mol. The Labute approximate surface area is 147 Å². The van der Waals surface area contributed by atoms with Crippen LogP contribution in [0.15, 0.2) is 35.9 Å². The molecule has 134 valence electrons. The maximum Gasteiger partial charge on any atom is 0.235 e. The second-order valence-corrected chi connectivity index (χ2v) is 7.01. The van der Waals surface area contributed by atoms with Gasteiger partial charge in [0.05, 0.1) is 0 Å². The molecule has 0 aliphatic heterocycles. The van der Waals surface area contributed by atoms with Gasteiger partial charge in [0.25, 0.3) is 0 Å². The van der Waals surface area contributed by atoms with Crippen molar-refractivity contribution < 1.29 is 14.0 Å². The smallest absolute Gasteiger partial charge is 0.235 e. The predicted molar refractivity (Wildman–Crippen MR) is 94.1 cm³/mol. The summed E-state index contributed by atoms with van der Waals surface area (Å²) in [4.78, 5) is 24.8. The van der Waals surface area contributed by atoms with Crippen LogP contribution in [0.1, 0.15) is 50.5 Å². The zero-order valence-corrected chi connectivity index (χ0v) is 14.4. The molecule has 0 saturated heterocycles. The van der Waals surface area contributed by atoms with E-state index >= 15 is 0 Å². The van der Waals surface area contributed by atoms with Crippen LogP contribution < -0.4 is 10.6 Å². The Balaban J connectivity index is 1.45. The SMILES string of the molecule is O=C(NCCC1=CCCCC1)C1(C(=O)NCc2ccc(F)cc2)CC1. The van der Waals surface area contributed by atoms with Crippen molar-refractivity contribution in [3.05, 3.63) is 47.3 Å². The molecule has 4 nitrogen and oxygen atoms in total. The van der Waals surface area contributed by atoms with Gasteiger partial charge >= 0.3 is 0 Å². The molecule has 0 aromatic heterocycles. The van der Waals surface area contributed by atoms with Crippen molar-refractivity contribution in [1.29, 1.82) is 0 Å². The average molecular weight is 344 g/mol. The molecule has 1 fully saturated rings. The molecular formula is C20H25FN2O2. The standard InChI is InChI=1S/C20H25FN2O2/c21-17-8-6-16(7-9-17)14-23-19(25)20(11-12-20)18(24)22-13-10-15-4-2-1-3-5-15/h4,6-9H,1-3,5,10-14H2,(H,22,24)(H,23,25). The Morgan fingerprint density at radius 1 is 1.04 bits per heavy atom. The number of rotatable bonds is 7. The molecule has 1 saturated carbocycles. The van der Waals surface area contributed by atoms with Crippen molar-refractivity contribution in [2.24, 2.45) is 5.41 Å². The van der Waals surface area contributed by atoms with Gasteiger partial charge < -0.3 is 10.6 Å². The van der Waals surface area contributed by atoms with E-state index in [0.29, 0.717) is 25.9 Å². The van der Waals surface area contributed by atoms with Crippen LogP contribution in [-0.2, 0) is 16.1 Å². The summed E-state index contributed by atoms with van der Waals surface area (Å²) in [5, 5.41) is 5.74. The Kier molecular flexibility index (Phi) is 5.51. The number of hydrogen-bond acceptors (Lipinski definition) is 2. The molecule has 0 heterocycles. The van der Waals surface area contributed by atoms with Crippen molar-refractivity contribution in [2.75, 3.05) is 6.54 Å². The number of benzene rings is 1. The molecule has 1 aromatic rings. The molecule has 0 radical (unpaired) electrons. The third-order valence-corrected chi connectivity index (χ3v) is 5.10. The Hall–Kier alpha value is -2.17. The quantitative estimate of drug-likeness (QED) is 0.589. The van der Waals surface area contributed by atoms with Crippen LogP contribution in [0.5, 0.6) is 0 Å². The van der Waals surface area contributed by atoms with Gasteiger partial charge in [0.2, 0.25) is 11.8 Å². The van der Waals surface area contributed by atoms with Gasteiger partial charge in [-0.1, -0.05) is 23.8 Å². The number of halogens is 1. The van der Waals surface area contributed by atoms with E-state index in [0.717, 1.165) is 24.8 Å². The van der Waals surface area contributed by atoms with Crippen LogP contribution in [0.25, 0.3) is 0 Å². The molecule has 0 atom stereocenters. The Morgan fingerprint density at radius 2 is 1.76 bits per heavy atom. The number of nitrogens with one attached hydrogen (secondary N) is 2. The van der Waals surface area contributed by atoms with Gasteiger partial charge in [0, 0.05) is 13.1 Å². The predicted octanol–water partition coefficient (Wildman–Crippen LogP) is 3.23. The van der Waals surface area contributed by atoms with Crippen LogP contribution >= 0.6 is 0 Å². The van der Waals surface area contributed by atoms with Crippen molar-refractivity contribution in [3.8, 4) is 0 Å². The highest BCUT2D eigenvalue weighted by molar-refractivity contribution is 6.07. The van der Waals surface area contributed by atoms with Gasteiger partial charge in [-0.2, -0.15) is 0 Å². The number of carbonyl (C=O) groups is 2. The number of hydrogen-bond donors (Lipinski definition) is 2. The zero-order valence-electron chi connectivity index (χ0n) is 14.4. The highest BCUT2D eigenvalue weighted by Crippen LogP contribution is 2.46. The molecule has 1 aromatic carbocycles. The lowest BCUT2D eigenvalue weighted by atomic mass is 9.97. The van der Waals surface area contributed by atoms with Crippen LogP contribution in [0.4, 0.5) is 4.39 Å². The second kappa shape index (κ2) is 7.81. The van der Waals surface area contributed by atoms with E-state index in [4.69, 9.17) is 0 Å². The summed E-state index contributed by atoms with van der Waals surface area (Å²) in [6.07, 6.45) is 9.09. The molecule has 2 N–H and O–H groups in total. The minimum absolute atomic E-state index is 0.166. The maximum absolute atomic E-state index is 12.9. The summed E-state index contributed by atoms with van der Waals surface area (Å²) in [7, 11) is 0. The van der Waals surface area contributed by atoms with Crippen molar-refractivity contribution in [3.63, 3.8) is 0 Å². The van der Waals surface area contributed by atoms with Gasteiger partial charge in [-0.15, -0.1) is 0 Å². The molecule has 3 rings (SSSR count). The van der Waals surface area contributed by atoms with Crippen molar-refractivity contribution in [2.45, 2.75) is 51.5 Å². The van der Waals surface area contributed by atoms with E-state index in [2.05, 4.69) is 16.7 Å². The van der Waals surface area contributed by atoms with E-state index in [1.807, 2.05) is 0 Å². The fourth-order valence-corrected chi connectivity index (χ4v) is 3.27. The minimum atomic E-state index is -0.902. The lowest BCUT2D eigenvalue weighted by Gasteiger charge is -2.17. The summed E-state index contributed by atoms with van der Waals surface area (Å²) < 4.78 is 12.9. The van der Waals surface area contributed by atoms with Gasteiger partial charge in [-0.3, -0.25) is 9.59 Å². The van der Waals surface area contributed by atoms with Crippen LogP contribution in [-0.4, -0.2) is 18.4 Å². The summed E-state index contributed by atoms with van der Waals surface area (Å²) in [5.74, 6) is -0.701. The minimum Gasteiger partial charge on any atom is -0.355 e. The summed E-state index contributed by atoms with van der Waals surface area (Å²) >= 11 is 0. The number of carbonyl (C=O) groups excluding carboxylic acids is 2. The first-order chi connectivity index (χ1) is 12.1. The van der Waals surface area contributed by atoms with Crippen LogP contribution in [0.2, 0.25) is 0 Å². The highest BCUT2D eigenvalue weighted by atomic mass is 19.1. The van der Waals surface area contributed by atoms with Crippen LogP contribution in [0.3, 0.4) is 0 Å². The third-order valence-electron chi connectivity index (χ3n) is 5.10. The van der Waals surface area contributed by atoms with Crippen LogP contribution in [0, 0.1) is 11.2 Å². The fourth-order valence-electron chi connectivity index (χ4n) is 3.27. The van der Waals surface area contributed by atoms with Crippen molar-refractivity contribution >= 4 is 11.8 Å².